The number of hydrogen-bond acceptors (Lipinski definition) is 0. The van der Waals surface area contributed by atoms with Gasteiger partial charge >= 0.3 is 35.3 Å². The standard InChI is InChI=1S/2C10H15.2ClH.W/c2*1-6-7(2)9(4)10(5)8(6)3;;;/h2*1-5H3;2*1H;/q;;;;+2/p-2. The fourth-order valence-corrected chi connectivity index (χ4v) is 2.81. The van der Waals surface area contributed by atoms with E-state index in [-0.39, 0.29) is 0 Å². The summed E-state index contributed by atoms with van der Waals surface area (Å²) in [6.45, 7) is 22.0. The van der Waals surface area contributed by atoms with E-state index in [4.69, 9.17) is 18.8 Å². The SMILES string of the molecule is C[C]1[C](C)[C](C)[C](C)[C]1C.C[C]1[C](C)[C](C)[C](C)[C]1C.[Cl][W][Cl]. The molecule has 0 saturated heterocycles. The van der Waals surface area contributed by atoms with E-state index < -0.39 is 16.5 Å². The summed E-state index contributed by atoms with van der Waals surface area (Å²) in [7, 11) is 9.86. The van der Waals surface area contributed by atoms with Crippen LogP contribution in [0.5, 0.6) is 0 Å². The summed E-state index contributed by atoms with van der Waals surface area (Å²) in [5.41, 5.74) is 0. The molecule has 3 heteroatoms. The van der Waals surface area contributed by atoms with Crippen LogP contribution in [0, 0.1) is 59.2 Å². The van der Waals surface area contributed by atoms with Crippen LogP contribution >= 0.6 is 18.8 Å². The van der Waals surface area contributed by atoms with Crippen molar-refractivity contribution in [2.24, 2.45) is 0 Å². The van der Waals surface area contributed by atoms with Crippen molar-refractivity contribution in [3.8, 4) is 0 Å². The van der Waals surface area contributed by atoms with Gasteiger partial charge in [0.05, 0.1) is 0 Å². The molecule has 2 rings (SSSR count). The van der Waals surface area contributed by atoms with Gasteiger partial charge in [0.25, 0.3) is 0 Å². The summed E-state index contributed by atoms with van der Waals surface area (Å²) in [6, 6.07) is 0. The van der Waals surface area contributed by atoms with E-state index in [2.05, 4.69) is 69.2 Å². The van der Waals surface area contributed by atoms with Crippen LogP contribution in [0.25, 0.3) is 0 Å². The third-order valence-electron chi connectivity index (χ3n) is 5.62. The first-order chi connectivity index (χ1) is 10.5. The van der Waals surface area contributed by atoms with Gasteiger partial charge in [0, 0.05) is 0 Å². The zero-order valence-electron chi connectivity index (χ0n) is 16.2. The Labute approximate surface area is 163 Å². The average molecular weight is 525 g/mol. The van der Waals surface area contributed by atoms with Crippen molar-refractivity contribution in [3.05, 3.63) is 59.2 Å². The molecule has 0 aromatic heterocycles. The molecular weight excluding hydrogens is 495 g/mol. The first-order valence-electron chi connectivity index (χ1n) is 7.81. The Morgan fingerprint density at radius 2 is 0.391 bits per heavy atom. The molecule has 0 aromatic carbocycles. The van der Waals surface area contributed by atoms with Gasteiger partial charge in [-0.15, -0.1) is 0 Å². The molecule has 0 unspecified atom stereocenters. The van der Waals surface area contributed by atoms with Crippen molar-refractivity contribution < 1.29 is 16.5 Å². The maximum absolute atomic E-state index is 4.93. The predicted molar refractivity (Wildman–Crippen MR) is 101 cm³/mol. The van der Waals surface area contributed by atoms with Gasteiger partial charge in [0.1, 0.15) is 0 Å². The Balaban J connectivity index is 0.000000360. The Hall–Kier alpha value is 1.27. The average Bonchev–Trinajstić information content (AvgIpc) is 2.80. The molecule has 130 valence electrons. The second kappa shape index (κ2) is 11.1. The Morgan fingerprint density at radius 3 is 0.435 bits per heavy atom. The van der Waals surface area contributed by atoms with E-state index in [1.165, 1.54) is 59.2 Å². The molecule has 0 spiro atoms. The van der Waals surface area contributed by atoms with Gasteiger partial charge in [-0.1, -0.05) is 69.2 Å². The van der Waals surface area contributed by atoms with Gasteiger partial charge in [-0.25, -0.2) is 0 Å². The molecule has 0 bridgehead atoms. The van der Waals surface area contributed by atoms with Crippen molar-refractivity contribution in [2.75, 3.05) is 0 Å². The summed E-state index contributed by atoms with van der Waals surface area (Å²) in [5, 5.41) is 0. The zero-order valence-corrected chi connectivity index (χ0v) is 20.6. The molecular formula is C20H30Cl2W. The summed E-state index contributed by atoms with van der Waals surface area (Å²) in [6.07, 6.45) is 0. The predicted octanol–water partition coefficient (Wildman–Crippen LogP) is 7.32. The van der Waals surface area contributed by atoms with Crippen LogP contribution in [-0.2, 0) is 16.5 Å². The van der Waals surface area contributed by atoms with Crippen LogP contribution in [0.3, 0.4) is 0 Å². The summed E-state index contributed by atoms with van der Waals surface area (Å²) in [5.74, 6) is 14.7. The van der Waals surface area contributed by atoms with Crippen LogP contribution in [0.4, 0.5) is 0 Å². The van der Waals surface area contributed by atoms with E-state index in [1.54, 1.807) is 0 Å². The molecule has 0 heterocycles. The van der Waals surface area contributed by atoms with Gasteiger partial charge in [0.15, 0.2) is 0 Å². The molecule has 0 atom stereocenters. The van der Waals surface area contributed by atoms with Crippen molar-refractivity contribution in [3.63, 3.8) is 0 Å². The monoisotopic (exact) mass is 524 g/mol. The number of halogens is 2. The molecule has 23 heavy (non-hydrogen) atoms. The Bertz CT molecular complexity index is 203. The van der Waals surface area contributed by atoms with Crippen molar-refractivity contribution in [1.29, 1.82) is 0 Å². The fourth-order valence-electron chi connectivity index (χ4n) is 2.81. The number of rotatable bonds is 0. The summed E-state index contributed by atoms with van der Waals surface area (Å²) < 4.78 is 0. The molecule has 0 nitrogen and oxygen atoms in total. The molecule has 2 saturated carbocycles. The van der Waals surface area contributed by atoms with Crippen molar-refractivity contribution >= 4 is 18.8 Å². The second-order valence-electron chi connectivity index (χ2n) is 6.31. The van der Waals surface area contributed by atoms with Crippen LogP contribution in [0.1, 0.15) is 69.2 Å². The topological polar surface area (TPSA) is 0 Å². The molecule has 0 amide bonds. The van der Waals surface area contributed by atoms with Crippen LogP contribution < -0.4 is 0 Å². The van der Waals surface area contributed by atoms with E-state index in [1.807, 2.05) is 0 Å². The molecule has 0 N–H and O–H groups in total. The third-order valence-corrected chi connectivity index (χ3v) is 5.62. The van der Waals surface area contributed by atoms with Gasteiger partial charge in [-0.3, -0.25) is 0 Å². The minimum atomic E-state index is -0.806. The second-order valence-corrected chi connectivity index (χ2v) is 10.5. The number of hydrogen-bond donors (Lipinski definition) is 0. The van der Waals surface area contributed by atoms with Gasteiger partial charge in [-0.2, -0.15) is 0 Å². The minimum absolute atomic E-state index is 0.806. The fraction of sp³-hybridized carbons (Fsp3) is 0.500. The van der Waals surface area contributed by atoms with Crippen LogP contribution in [-0.4, -0.2) is 0 Å². The van der Waals surface area contributed by atoms with Crippen LogP contribution in [0.15, 0.2) is 0 Å². The quantitative estimate of drug-likeness (QED) is 0.311. The van der Waals surface area contributed by atoms with Gasteiger partial charge in [-0.05, 0) is 59.2 Å². The molecule has 2 fully saturated rings. The molecule has 0 aliphatic heterocycles. The molecule has 2 aliphatic rings. The Kier molecular flexibility index (Phi) is 11.7. The van der Waals surface area contributed by atoms with E-state index in [9.17, 15) is 0 Å². The molecule has 10 radical (unpaired) electrons. The third kappa shape index (κ3) is 6.18. The van der Waals surface area contributed by atoms with E-state index >= 15 is 0 Å². The zero-order chi connectivity index (χ0) is 18.5. The van der Waals surface area contributed by atoms with Crippen molar-refractivity contribution in [1.82, 2.24) is 0 Å². The van der Waals surface area contributed by atoms with E-state index in [0.29, 0.717) is 0 Å². The summed E-state index contributed by atoms with van der Waals surface area (Å²) in [4.78, 5) is 0. The molecule has 2 aliphatic carbocycles. The normalized spacial score (nSPS) is 25.6. The maximum atomic E-state index is 4.93. The first-order valence-corrected chi connectivity index (χ1v) is 15.1. The van der Waals surface area contributed by atoms with Gasteiger partial charge < -0.3 is 0 Å². The first kappa shape index (κ1) is 24.3. The van der Waals surface area contributed by atoms with E-state index in [0.717, 1.165) is 0 Å². The summed E-state index contributed by atoms with van der Waals surface area (Å²) >= 11 is -0.806. The van der Waals surface area contributed by atoms with Crippen molar-refractivity contribution in [2.45, 2.75) is 69.2 Å². The van der Waals surface area contributed by atoms with Gasteiger partial charge in [0.2, 0.25) is 0 Å². The molecule has 0 aromatic rings. The van der Waals surface area contributed by atoms with Crippen LogP contribution in [0.2, 0.25) is 0 Å². The Morgan fingerprint density at radius 1 is 0.348 bits per heavy atom.